The average molecular weight is 313 g/mol. The van der Waals surface area contributed by atoms with E-state index in [4.69, 9.17) is 9.47 Å². The summed E-state index contributed by atoms with van der Waals surface area (Å²) in [4.78, 5) is 13.6. The van der Waals surface area contributed by atoms with Gasteiger partial charge >= 0.3 is 5.97 Å². The summed E-state index contributed by atoms with van der Waals surface area (Å²) in [6.45, 7) is 3.20. The second-order valence-corrected chi connectivity index (χ2v) is 5.96. The molecule has 1 heterocycles. The van der Waals surface area contributed by atoms with Crippen molar-refractivity contribution in [2.75, 3.05) is 33.4 Å². The molecule has 4 nitrogen and oxygen atoms in total. The molecule has 1 aliphatic heterocycles. The van der Waals surface area contributed by atoms with Crippen LogP contribution in [0.3, 0.4) is 0 Å². The second kappa shape index (κ2) is 7.57. The lowest BCUT2D eigenvalue weighted by molar-refractivity contribution is -0.141. The highest BCUT2D eigenvalue weighted by Crippen LogP contribution is 2.21. The molecule has 0 saturated carbocycles. The van der Waals surface area contributed by atoms with Gasteiger partial charge in [-0.3, -0.25) is 9.69 Å². The number of nitrogens with zero attached hydrogens (tertiary/aromatic N) is 1. The first-order valence-corrected chi connectivity index (χ1v) is 8.13. The molecule has 0 spiro atoms. The Morgan fingerprint density at radius 2 is 2.09 bits per heavy atom. The van der Waals surface area contributed by atoms with Crippen LogP contribution >= 0.6 is 0 Å². The highest BCUT2D eigenvalue weighted by atomic mass is 16.5. The van der Waals surface area contributed by atoms with E-state index in [-0.39, 0.29) is 12.1 Å². The van der Waals surface area contributed by atoms with Crippen molar-refractivity contribution < 1.29 is 14.3 Å². The molecule has 1 atom stereocenters. The monoisotopic (exact) mass is 313 g/mol. The summed E-state index contributed by atoms with van der Waals surface area (Å²) in [6, 6.07) is 14.9. The van der Waals surface area contributed by atoms with Crippen molar-refractivity contribution in [2.45, 2.75) is 18.9 Å². The highest BCUT2D eigenvalue weighted by molar-refractivity contribution is 5.85. The van der Waals surface area contributed by atoms with Gasteiger partial charge in [-0.2, -0.15) is 0 Å². The number of carbonyl (C=O) groups excluding carboxylic acids is 1. The number of carbonyl (C=O) groups is 1. The van der Waals surface area contributed by atoms with E-state index in [9.17, 15) is 4.79 Å². The first kappa shape index (κ1) is 16.0. The molecule has 2 aromatic rings. The first-order chi connectivity index (χ1) is 11.3. The van der Waals surface area contributed by atoms with E-state index in [1.807, 2.05) is 0 Å². The van der Waals surface area contributed by atoms with E-state index in [2.05, 4.69) is 47.4 Å². The predicted molar refractivity (Wildman–Crippen MR) is 90.5 cm³/mol. The Labute approximate surface area is 137 Å². The number of fused-ring (bicyclic) bond motifs is 1. The fraction of sp³-hybridized carbons (Fsp3) is 0.421. The van der Waals surface area contributed by atoms with Crippen molar-refractivity contribution in [1.82, 2.24) is 4.90 Å². The van der Waals surface area contributed by atoms with E-state index in [1.165, 1.54) is 23.4 Å². The Kier molecular flexibility index (Phi) is 5.26. The minimum Gasteiger partial charge on any atom is -0.469 e. The van der Waals surface area contributed by atoms with Crippen LogP contribution in [0.15, 0.2) is 42.5 Å². The summed E-state index contributed by atoms with van der Waals surface area (Å²) in [5.41, 5.74) is 1.32. The third-order valence-electron chi connectivity index (χ3n) is 4.41. The van der Waals surface area contributed by atoms with Gasteiger partial charge in [0.25, 0.3) is 0 Å². The van der Waals surface area contributed by atoms with E-state index in [0.29, 0.717) is 6.42 Å². The van der Waals surface area contributed by atoms with Gasteiger partial charge < -0.3 is 9.47 Å². The van der Waals surface area contributed by atoms with Gasteiger partial charge in [0.15, 0.2) is 0 Å². The summed E-state index contributed by atoms with van der Waals surface area (Å²) >= 11 is 0. The Hall–Kier alpha value is -1.91. The van der Waals surface area contributed by atoms with E-state index in [1.54, 1.807) is 0 Å². The van der Waals surface area contributed by atoms with Gasteiger partial charge in [0.2, 0.25) is 0 Å². The molecule has 2 aromatic carbocycles. The topological polar surface area (TPSA) is 38.8 Å². The molecule has 23 heavy (non-hydrogen) atoms. The number of morpholine rings is 1. The van der Waals surface area contributed by atoms with Crippen LogP contribution in [0.4, 0.5) is 0 Å². The predicted octanol–water partition coefficient (Wildman–Crippen LogP) is 2.65. The lowest BCUT2D eigenvalue weighted by Crippen LogP contribution is -2.44. The molecule has 0 aromatic heterocycles. The zero-order valence-corrected chi connectivity index (χ0v) is 13.5. The number of hydrogen-bond donors (Lipinski definition) is 0. The quantitative estimate of drug-likeness (QED) is 0.796. The fourth-order valence-electron chi connectivity index (χ4n) is 3.17. The van der Waals surface area contributed by atoms with Crippen LogP contribution in [0, 0.1) is 0 Å². The van der Waals surface area contributed by atoms with E-state index >= 15 is 0 Å². The van der Waals surface area contributed by atoms with Crippen molar-refractivity contribution in [3.05, 3.63) is 48.0 Å². The molecule has 0 amide bonds. The Bertz CT molecular complexity index is 665. The van der Waals surface area contributed by atoms with Gasteiger partial charge in [0, 0.05) is 26.1 Å². The molecule has 1 saturated heterocycles. The Morgan fingerprint density at radius 3 is 2.96 bits per heavy atom. The van der Waals surface area contributed by atoms with Crippen molar-refractivity contribution >= 4 is 16.7 Å². The number of rotatable bonds is 5. The molecule has 1 fully saturated rings. The fourth-order valence-corrected chi connectivity index (χ4v) is 3.17. The minimum atomic E-state index is -0.151. The largest absolute Gasteiger partial charge is 0.469 e. The smallest absolute Gasteiger partial charge is 0.306 e. The zero-order chi connectivity index (χ0) is 16.1. The van der Waals surface area contributed by atoms with Crippen molar-refractivity contribution in [3.8, 4) is 0 Å². The molecule has 0 bridgehead atoms. The van der Waals surface area contributed by atoms with Crippen LogP contribution in [0.25, 0.3) is 10.8 Å². The molecule has 0 radical (unpaired) electrons. The summed E-state index contributed by atoms with van der Waals surface area (Å²) in [6.07, 6.45) is 1.51. The maximum atomic E-state index is 11.3. The van der Waals surface area contributed by atoms with Crippen molar-refractivity contribution in [2.24, 2.45) is 0 Å². The molecule has 1 aliphatic rings. The number of benzene rings is 2. The van der Waals surface area contributed by atoms with Gasteiger partial charge in [-0.15, -0.1) is 0 Å². The summed E-state index contributed by atoms with van der Waals surface area (Å²) < 4.78 is 10.7. The van der Waals surface area contributed by atoms with Gasteiger partial charge in [-0.05, 0) is 16.3 Å². The summed E-state index contributed by atoms with van der Waals surface area (Å²) in [7, 11) is 1.44. The van der Waals surface area contributed by atoms with E-state index < -0.39 is 0 Å². The SMILES string of the molecule is COC(=O)CCN1CCO[C@H](Cc2cccc3ccccc23)C1. The molecule has 3 rings (SSSR count). The van der Waals surface area contributed by atoms with Crippen LogP contribution in [-0.2, 0) is 20.7 Å². The van der Waals surface area contributed by atoms with Crippen molar-refractivity contribution in [1.29, 1.82) is 0 Å². The molecule has 4 heteroatoms. The third-order valence-corrected chi connectivity index (χ3v) is 4.41. The Balaban J connectivity index is 1.64. The van der Waals surface area contributed by atoms with Crippen molar-refractivity contribution in [3.63, 3.8) is 0 Å². The number of esters is 1. The standard InChI is InChI=1S/C19H23NO3/c1-22-19(21)9-10-20-11-12-23-17(14-20)13-16-7-4-6-15-5-2-3-8-18(15)16/h2-8,17H,9-14H2,1H3/t17-/m1/s1. The lowest BCUT2D eigenvalue weighted by Gasteiger charge is -2.33. The highest BCUT2D eigenvalue weighted by Gasteiger charge is 2.21. The maximum Gasteiger partial charge on any atom is 0.306 e. The molecule has 0 N–H and O–H groups in total. The maximum absolute atomic E-state index is 11.3. The molecule has 0 aliphatic carbocycles. The van der Waals surface area contributed by atoms with Gasteiger partial charge in [-0.25, -0.2) is 0 Å². The van der Waals surface area contributed by atoms with Crippen LogP contribution in [0.5, 0.6) is 0 Å². The third kappa shape index (κ3) is 4.09. The van der Waals surface area contributed by atoms with Gasteiger partial charge in [0.1, 0.15) is 0 Å². The summed E-state index contributed by atoms with van der Waals surface area (Å²) in [5.74, 6) is -0.151. The first-order valence-electron chi connectivity index (χ1n) is 8.13. The van der Waals surface area contributed by atoms with Crippen LogP contribution < -0.4 is 0 Å². The molecular weight excluding hydrogens is 290 g/mol. The number of hydrogen-bond acceptors (Lipinski definition) is 4. The second-order valence-electron chi connectivity index (χ2n) is 5.96. The van der Waals surface area contributed by atoms with Crippen LogP contribution in [-0.4, -0.2) is 50.3 Å². The average Bonchev–Trinajstić information content (AvgIpc) is 2.60. The van der Waals surface area contributed by atoms with Crippen LogP contribution in [0.2, 0.25) is 0 Å². The number of ether oxygens (including phenoxy) is 2. The lowest BCUT2D eigenvalue weighted by atomic mass is 9.99. The summed E-state index contributed by atoms with van der Waals surface area (Å²) in [5, 5.41) is 2.56. The molecular formula is C19H23NO3. The zero-order valence-electron chi connectivity index (χ0n) is 13.5. The minimum absolute atomic E-state index is 0.151. The van der Waals surface area contributed by atoms with Gasteiger partial charge in [0.05, 0.1) is 26.2 Å². The Morgan fingerprint density at radius 1 is 1.26 bits per heavy atom. The van der Waals surface area contributed by atoms with Gasteiger partial charge in [-0.1, -0.05) is 42.5 Å². The molecule has 0 unspecified atom stereocenters. The van der Waals surface area contributed by atoms with Crippen LogP contribution in [0.1, 0.15) is 12.0 Å². The number of methoxy groups -OCH3 is 1. The van der Waals surface area contributed by atoms with E-state index in [0.717, 1.165) is 32.7 Å². The molecule has 122 valence electrons. The normalized spacial score (nSPS) is 18.9.